The van der Waals surface area contributed by atoms with Gasteiger partial charge >= 0.3 is 0 Å². The second-order valence-corrected chi connectivity index (χ2v) is 7.13. The van der Waals surface area contributed by atoms with Gasteiger partial charge in [-0.1, -0.05) is 37.3 Å². The van der Waals surface area contributed by atoms with Crippen LogP contribution in [0.3, 0.4) is 0 Å². The largest absolute Gasteiger partial charge is 0.382 e. The van der Waals surface area contributed by atoms with Crippen LogP contribution < -0.4 is 10.6 Å². The maximum Gasteiger partial charge on any atom is 0.253 e. The third kappa shape index (κ3) is 3.57. The van der Waals surface area contributed by atoms with Crippen LogP contribution >= 0.6 is 11.6 Å². The van der Waals surface area contributed by atoms with Gasteiger partial charge in [0.25, 0.3) is 5.91 Å². The van der Waals surface area contributed by atoms with Crippen molar-refractivity contribution < 1.29 is 4.79 Å². The molecule has 4 heteroatoms. The van der Waals surface area contributed by atoms with Gasteiger partial charge in [-0.05, 0) is 50.3 Å². The maximum absolute atomic E-state index is 12.4. The Morgan fingerprint density at radius 3 is 2.27 bits per heavy atom. The van der Waals surface area contributed by atoms with Crippen molar-refractivity contribution in [1.29, 1.82) is 0 Å². The molecule has 0 bridgehead atoms. The Hall–Kier alpha value is -1.22. The van der Waals surface area contributed by atoms with Crippen molar-refractivity contribution in [2.24, 2.45) is 0 Å². The second kappa shape index (κ2) is 6.91. The average Bonchev–Trinajstić information content (AvgIpc) is 3.16. The first-order chi connectivity index (χ1) is 10.6. The summed E-state index contributed by atoms with van der Waals surface area (Å²) < 4.78 is 0. The maximum atomic E-state index is 12.4. The van der Waals surface area contributed by atoms with Crippen LogP contribution in [0.5, 0.6) is 0 Å². The molecule has 3 rings (SSSR count). The predicted molar refractivity (Wildman–Crippen MR) is 91.8 cm³/mol. The van der Waals surface area contributed by atoms with E-state index in [0.29, 0.717) is 22.7 Å². The first-order valence-corrected chi connectivity index (χ1v) is 8.89. The minimum absolute atomic E-state index is 0.0348. The first kappa shape index (κ1) is 15.7. The standard InChI is InChI=1S/C18H25ClN2O/c1-12-10-15(18(22)21-14-8-4-5-9-14)16(19)11-17(12)20-13-6-2-3-7-13/h10-11,13-14,20H,2-9H2,1H3,(H,21,22). The fourth-order valence-corrected chi connectivity index (χ4v) is 3.88. The minimum Gasteiger partial charge on any atom is -0.382 e. The molecule has 120 valence electrons. The van der Waals surface area contributed by atoms with Crippen LogP contribution in [0.25, 0.3) is 0 Å². The highest BCUT2D eigenvalue weighted by molar-refractivity contribution is 6.34. The summed E-state index contributed by atoms with van der Waals surface area (Å²) in [5.74, 6) is -0.0348. The van der Waals surface area contributed by atoms with E-state index in [-0.39, 0.29) is 5.91 Å². The smallest absolute Gasteiger partial charge is 0.253 e. The van der Waals surface area contributed by atoms with E-state index in [0.717, 1.165) is 24.1 Å². The van der Waals surface area contributed by atoms with E-state index in [1.807, 2.05) is 19.1 Å². The van der Waals surface area contributed by atoms with E-state index < -0.39 is 0 Å². The second-order valence-electron chi connectivity index (χ2n) is 6.73. The fraction of sp³-hybridized carbons (Fsp3) is 0.611. The molecule has 3 nitrogen and oxygen atoms in total. The molecule has 2 fully saturated rings. The molecule has 0 aliphatic heterocycles. The number of hydrogen-bond acceptors (Lipinski definition) is 2. The van der Waals surface area contributed by atoms with Gasteiger partial charge in [-0.3, -0.25) is 4.79 Å². The SMILES string of the molecule is Cc1cc(C(=O)NC2CCCC2)c(Cl)cc1NC1CCCC1. The van der Waals surface area contributed by atoms with Gasteiger partial charge in [0, 0.05) is 17.8 Å². The highest BCUT2D eigenvalue weighted by atomic mass is 35.5. The summed E-state index contributed by atoms with van der Waals surface area (Å²) in [4.78, 5) is 12.4. The van der Waals surface area contributed by atoms with Crippen LogP contribution in [0.2, 0.25) is 5.02 Å². The Balaban J connectivity index is 1.71. The van der Waals surface area contributed by atoms with E-state index in [2.05, 4.69) is 10.6 Å². The first-order valence-electron chi connectivity index (χ1n) is 8.51. The normalized spacial score (nSPS) is 19.5. The van der Waals surface area contributed by atoms with Crippen LogP contribution in [0, 0.1) is 6.92 Å². The highest BCUT2D eigenvalue weighted by Gasteiger charge is 2.21. The van der Waals surface area contributed by atoms with Crippen molar-refractivity contribution in [2.75, 3.05) is 5.32 Å². The zero-order chi connectivity index (χ0) is 15.5. The molecule has 1 amide bonds. The lowest BCUT2D eigenvalue weighted by Crippen LogP contribution is -2.32. The summed E-state index contributed by atoms with van der Waals surface area (Å²) in [5, 5.41) is 7.23. The van der Waals surface area contributed by atoms with Crippen LogP contribution in [-0.4, -0.2) is 18.0 Å². The lowest BCUT2D eigenvalue weighted by atomic mass is 10.1. The van der Waals surface area contributed by atoms with Crippen molar-refractivity contribution in [3.63, 3.8) is 0 Å². The molecule has 2 N–H and O–H groups in total. The summed E-state index contributed by atoms with van der Waals surface area (Å²) in [6, 6.07) is 4.70. The molecule has 22 heavy (non-hydrogen) atoms. The van der Waals surface area contributed by atoms with Crippen LogP contribution in [0.15, 0.2) is 12.1 Å². The Bertz CT molecular complexity index is 546. The molecule has 1 aromatic carbocycles. The molecule has 0 spiro atoms. The number of amides is 1. The Morgan fingerprint density at radius 2 is 1.64 bits per heavy atom. The number of carbonyl (C=O) groups excluding carboxylic acids is 1. The van der Waals surface area contributed by atoms with Crippen molar-refractivity contribution in [1.82, 2.24) is 5.32 Å². The molecule has 0 saturated heterocycles. The quantitative estimate of drug-likeness (QED) is 0.846. The molecule has 2 saturated carbocycles. The zero-order valence-corrected chi connectivity index (χ0v) is 14.0. The van der Waals surface area contributed by atoms with Crippen molar-refractivity contribution >= 4 is 23.2 Å². The number of rotatable bonds is 4. The van der Waals surface area contributed by atoms with Gasteiger partial charge in [-0.25, -0.2) is 0 Å². The van der Waals surface area contributed by atoms with Crippen molar-refractivity contribution in [2.45, 2.75) is 70.4 Å². The summed E-state index contributed by atoms with van der Waals surface area (Å²) in [5.41, 5.74) is 2.75. The van der Waals surface area contributed by atoms with Gasteiger partial charge in [0.05, 0.1) is 10.6 Å². The number of anilines is 1. The summed E-state index contributed by atoms with van der Waals surface area (Å²) in [7, 11) is 0. The van der Waals surface area contributed by atoms with Gasteiger partial charge < -0.3 is 10.6 Å². The van der Waals surface area contributed by atoms with Crippen LogP contribution in [-0.2, 0) is 0 Å². The third-order valence-electron chi connectivity index (χ3n) is 4.96. The summed E-state index contributed by atoms with van der Waals surface area (Å²) >= 11 is 6.37. The highest BCUT2D eigenvalue weighted by Crippen LogP contribution is 2.29. The van der Waals surface area contributed by atoms with E-state index >= 15 is 0 Å². The number of benzene rings is 1. The number of nitrogens with one attached hydrogen (secondary N) is 2. The summed E-state index contributed by atoms with van der Waals surface area (Å²) in [6.07, 6.45) is 9.64. The topological polar surface area (TPSA) is 41.1 Å². The average molecular weight is 321 g/mol. The number of halogens is 1. The number of hydrogen-bond donors (Lipinski definition) is 2. The van der Waals surface area contributed by atoms with Gasteiger partial charge in [0.1, 0.15) is 0 Å². The number of aryl methyl sites for hydroxylation is 1. The molecule has 0 heterocycles. The van der Waals surface area contributed by atoms with Gasteiger partial charge in [-0.15, -0.1) is 0 Å². The zero-order valence-electron chi connectivity index (χ0n) is 13.3. The van der Waals surface area contributed by atoms with Gasteiger partial charge in [0.2, 0.25) is 0 Å². The third-order valence-corrected chi connectivity index (χ3v) is 5.28. The molecule has 2 aliphatic carbocycles. The molecular formula is C18H25ClN2O. The van der Waals surface area contributed by atoms with E-state index in [9.17, 15) is 4.79 Å². The van der Waals surface area contributed by atoms with Crippen molar-refractivity contribution in [3.8, 4) is 0 Å². The monoisotopic (exact) mass is 320 g/mol. The molecule has 0 unspecified atom stereocenters. The fourth-order valence-electron chi connectivity index (χ4n) is 3.63. The van der Waals surface area contributed by atoms with Crippen LogP contribution in [0.1, 0.15) is 67.3 Å². The van der Waals surface area contributed by atoms with Crippen LogP contribution in [0.4, 0.5) is 5.69 Å². The Labute approximate surface area is 137 Å². The van der Waals surface area contributed by atoms with E-state index in [4.69, 9.17) is 11.6 Å². The summed E-state index contributed by atoms with van der Waals surface area (Å²) in [6.45, 7) is 2.04. The molecular weight excluding hydrogens is 296 g/mol. The molecule has 2 aliphatic rings. The number of carbonyl (C=O) groups is 1. The Morgan fingerprint density at radius 1 is 1.05 bits per heavy atom. The van der Waals surface area contributed by atoms with Gasteiger partial charge in [0.15, 0.2) is 0 Å². The molecule has 0 aromatic heterocycles. The van der Waals surface area contributed by atoms with E-state index in [1.54, 1.807) is 0 Å². The van der Waals surface area contributed by atoms with Crippen molar-refractivity contribution in [3.05, 3.63) is 28.3 Å². The van der Waals surface area contributed by atoms with E-state index in [1.165, 1.54) is 38.5 Å². The lowest BCUT2D eigenvalue weighted by molar-refractivity contribution is 0.0938. The predicted octanol–water partition coefficient (Wildman–Crippen LogP) is 4.68. The molecule has 1 aromatic rings. The minimum atomic E-state index is -0.0348. The molecule has 0 radical (unpaired) electrons. The lowest BCUT2D eigenvalue weighted by Gasteiger charge is -2.18. The van der Waals surface area contributed by atoms with Gasteiger partial charge in [-0.2, -0.15) is 0 Å². The molecule has 0 atom stereocenters. The Kier molecular flexibility index (Phi) is 4.92.